The number of nitrogens with zero attached hydrogens (tertiary/aromatic N) is 1. The Bertz CT molecular complexity index is 561. The molecule has 104 valence electrons. The van der Waals surface area contributed by atoms with Crippen LogP contribution in [-0.2, 0) is 14.8 Å². The van der Waals surface area contributed by atoms with Crippen molar-refractivity contribution < 1.29 is 18.3 Å². The van der Waals surface area contributed by atoms with Gasteiger partial charge in [0.2, 0.25) is 10.0 Å². The maximum atomic E-state index is 11.7. The summed E-state index contributed by atoms with van der Waals surface area (Å²) >= 11 is 0. The maximum Gasteiger partial charge on any atom is 0.236 e. The van der Waals surface area contributed by atoms with Gasteiger partial charge in [0.25, 0.3) is 0 Å². The van der Waals surface area contributed by atoms with E-state index in [4.69, 9.17) is 9.84 Å². The Hall–Kier alpha value is -1.62. The fourth-order valence-electron chi connectivity index (χ4n) is 1.23. The topological polar surface area (TPSA) is 88.5 Å². The lowest BCUT2D eigenvalue weighted by Crippen LogP contribution is -2.20. The Morgan fingerprint density at radius 3 is 3.00 bits per heavy atom. The van der Waals surface area contributed by atoms with Crippen molar-refractivity contribution in [3.63, 3.8) is 0 Å². The van der Waals surface area contributed by atoms with Crippen molar-refractivity contribution in [2.75, 3.05) is 30.3 Å². The molecule has 0 atom stereocenters. The van der Waals surface area contributed by atoms with E-state index in [2.05, 4.69) is 21.5 Å². The second-order valence-corrected chi connectivity index (χ2v) is 5.35. The highest BCUT2D eigenvalue weighted by Crippen LogP contribution is 2.08. The van der Waals surface area contributed by atoms with Gasteiger partial charge < -0.3 is 9.84 Å². The molecule has 1 aromatic rings. The van der Waals surface area contributed by atoms with Crippen molar-refractivity contribution in [1.29, 1.82) is 0 Å². The monoisotopic (exact) mass is 284 g/mol. The summed E-state index contributed by atoms with van der Waals surface area (Å²) in [6, 6.07) is 3.13. The minimum Gasteiger partial charge on any atom is -0.384 e. The van der Waals surface area contributed by atoms with Gasteiger partial charge in [0.05, 0.1) is 12.4 Å². The average molecular weight is 284 g/mol. The van der Waals surface area contributed by atoms with Gasteiger partial charge in [-0.2, -0.15) is 0 Å². The number of hydrogen-bond donors (Lipinski definition) is 2. The fraction of sp³-hybridized carbons (Fsp3) is 0.417. The molecule has 0 saturated carbocycles. The van der Waals surface area contributed by atoms with Gasteiger partial charge in [-0.25, -0.2) is 13.4 Å². The lowest BCUT2D eigenvalue weighted by atomic mass is 10.2. The lowest BCUT2D eigenvalue weighted by molar-refractivity contribution is 0.163. The molecule has 2 N–H and O–H groups in total. The highest BCUT2D eigenvalue weighted by Gasteiger charge is 2.10. The molecule has 0 aliphatic carbocycles. The van der Waals surface area contributed by atoms with E-state index in [0.717, 1.165) is 0 Å². The Morgan fingerprint density at radius 1 is 1.53 bits per heavy atom. The third-order valence-corrected chi connectivity index (χ3v) is 3.26. The molecule has 0 saturated heterocycles. The molecule has 1 aromatic heterocycles. The molecule has 1 heterocycles. The Kier molecular flexibility index (Phi) is 6.29. The highest BCUT2D eigenvalue weighted by molar-refractivity contribution is 7.92. The molecule has 0 radical (unpaired) electrons. The first-order valence-corrected chi connectivity index (χ1v) is 7.36. The van der Waals surface area contributed by atoms with Crippen LogP contribution in [0.2, 0.25) is 0 Å². The van der Waals surface area contributed by atoms with Crippen molar-refractivity contribution in [3.8, 4) is 11.8 Å². The van der Waals surface area contributed by atoms with Crippen molar-refractivity contribution in [1.82, 2.24) is 4.98 Å². The number of nitrogens with one attached hydrogen (secondary N) is 1. The van der Waals surface area contributed by atoms with Crippen molar-refractivity contribution in [3.05, 3.63) is 23.9 Å². The number of pyridine rings is 1. The number of ether oxygens (including phenoxy) is 1. The van der Waals surface area contributed by atoms with Gasteiger partial charge in [-0.3, -0.25) is 4.72 Å². The quantitative estimate of drug-likeness (QED) is 0.575. The number of aromatic nitrogens is 1. The molecule has 0 aliphatic rings. The van der Waals surface area contributed by atoms with Gasteiger partial charge in [0.15, 0.2) is 0 Å². The third kappa shape index (κ3) is 6.20. The van der Waals surface area contributed by atoms with E-state index >= 15 is 0 Å². The van der Waals surface area contributed by atoms with Gasteiger partial charge in [-0.15, -0.1) is 0 Å². The zero-order chi connectivity index (χ0) is 14.1. The molecule has 0 aliphatic heterocycles. The van der Waals surface area contributed by atoms with Crippen LogP contribution < -0.4 is 4.72 Å². The summed E-state index contributed by atoms with van der Waals surface area (Å²) in [6.45, 7) is 2.15. The molecule has 1 rings (SSSR count). The SMILES string of the molecule is CCOCCS(=O)(=O)Nc1cc(C#CCO)ccn1. The van der Waals surface area contributed by atoms with Crippen molar-refractivity contribution in [2.45, 2.75) is 6.92 Å². The predicted molar refractivity (Wildman–Crippen MR) is 72.1 cm³/mol. The molecule has 0 aromatic carbocycles. The molecule has 0 amide bonds. The smallest absolute Gasteiger partial charge is 0.236 e. The zero-order valence-electron chi connectivity index (χ0n) is 10.6. The number of aliphatic hydroxyl groups is 1. The number of hydrogen-bond acceptors (Lipinski definition) is 5. The van der Waals surface area contributed by atoms with Gasteiger partial charge in [0, 0.05) is 18.4 Å². The molecule has 0 fully saturated rings. The van der Waals surface area contributed by atoms with Crippen LogP contribution in [0.1, 0.15) is 12.5 Å². The maximum absolute atomic E-state index is 11.7. The van der Waals surface area contributed by atoms with Gasteiger partial charge in [-0.1, -0.05) is 11.8 Å². The van der Waals surface area contributed by atoms with E-state index in [-0.39, 0.29) is 24.8 Å². The fourth-order valence-corrected chi connectivity index (χ4v) is 2.10. The first-order chi connectivity index (χ1) is 9.07. The molecule has 7 heteroatoms. The predicted octanol–water partition coefficient (Wildman–Crippen LogP) is 0.204. The summed E-state index contributed by atoms with van der Waals surface area (Å²) in [5.41, 5.74) is 0.576. The number of anilines is 1. The number of aliphatic hydroxyl groups excluding tert-OH is 1. The standard InChI is InChI=1S/C12H16N2O4S/c1-2-18-8-9-19(16,17)14-12-10-11(4-3-7-15)5-6-13-12/h5-6,10,15H,2,7-9H2,1H3,(H,13,14). The van der Waals surface area contributed by atoms with Crippen LogP contribution in [0.25, 0.3) is 0 Å². The van der Waals surface area contributed by atoms with Crippen LogP contribution in [-0.4, -0.2) is 44.1 Å². The molecule has 0 bridgehead atoms. The summed E-state index contributed by atoms with van der Waals surface area (Å²) in [5, 5.41) is 8.59. The van der Waals surface area contributed by atoms with E-state index in [9.17, 15) is 8.42 Å². The second kappa shape index (κ2) is 7.74. The zero-order valence-corrected chi connectivity index (χ0v) is 11.4. The van der Waals surface area contributed by atoms with Crippen LogP contribution >= 0.6 is 0 Å². The van der Waals surface area contributed by atoms with Gasteiger partial charge in [-0.05, 0) is 19.1 Å². The van der Waals surface area contributed by atoms with Crippen LogP contribution in [0.5, 0.6) is 0 Å². The minimum absolute atomic E-state index is 0.130. The Morgan fingerprint density at radius 2 is 2.32 bits per heavy atom. The molecule has 0 spiro atoms. The average Bonchev–Trinajstić information content (AvgIpc) is 2.36. The molecule has 0 unspecified atom stereocenters. The third-order valence-electron chi connectivity index (χ3n) is 2.03. The highest BCUT2D eigenvalue weighted by atomic mass is 32.2. The van der Waals surface area contributed by atoms with E-state index < -0.39 is 10.0 Å². The number of rotatable bonds is 6. The van der Waals surface area contributed by atoms with E-state index in [1.165, 1.54) is 12.3 Å². The van der Waals surface area contributed by atoms with Gasteiger partial charge in [0.1, 0.15) is 12.4 Å². The summed E-state index contributed by atoms with van der Waals surface area (Å²) < 4.78 is 30.7. The summed E-state index contributed by atoms with van der Waals surface area (Å²) in [6.07, 6.45) is 1.45. The van der Waals surface area contributed by atoms with E-state index in [1.807, 2.05) is 0 Å². The van der Waals surface area contributed by atoms with Crippen LogP contribution in [0, 0.1) is 11.8 Å². The van der Waals surface area contributed by atoms with Crippen LogP contribution in [0.3, 0.4) is 0 Å². The van der Waals surface area contributed by atoms with E-state index in [0.29, 0.717) is 12.2 Å². The van der Waals surface area contributed by atoms with Crippen molar-refractivity contribution in [2.24, 2.45) is 0 Å². The van der Waals surface area contributed by atoms with E-state index in [1.54, 1.807) is 13.0 Å². The molecular weight excluding hydrogens is 268 g/mol. The normalized spacial score (nSPS) is 10.6. The molecule has 6 nitrogen and oxygen atoms in total. The Labute approximate surface area is 112 Å². The summed E-state index contributed by atoms with van der Waals surface area (Å²) in [5.74, 6) is 5.22. The molecule has 19 heavy (non-hydrogen) atoms. The summed E-state index contributed by atoms with van der Waals surface area (Å²) in [7, 11) is -3.48. The molecular formula is C12H16N2O4S. The first kappa shape index (κ1) is 15.4. The first-order valence-electron chi connectivity index (χ1n) is 5.71. The van der Waals surface area contributed by atoms with Crippen molar-refractivity contribution >= 4 is 15.8 Å². The van der Waals surface area contributed by atoms with Gasteiger partial charge >= 0.3 is 0 Å². The van der Waals surface area contributed by atoms with Crippen LogP contribution in [0.4, 0.5) is 5.82 Å². The van der Waals surface area contributed by atoms with Crippen LogP contribution in [0.15, 0.2) is 18.3 Å². The lowest BCUT2D eigenvalue weighted by Gasteiger charge is -2.07. The number of sulfonamides is 1. The summed E-state index contributed by atoms with van der Waals surface area (Å²) in [4.78, 5) is 3.90. The largest absolute Gasteiger partial charge is 0.384 e. The Balaban J connectivity index is 2.71. The minimum atomic E-state index is -3.48. The second-order valence-electron chi connectivity index (χ2n) is 3.51.